The van der Waals surface area contributed by atoms with Gasteiger partial charge in [-0.15, -0.1) is 11.3 Å². The van der Waals surface area contributed by atoms with Gasteiger partial charge in [-0.25, -0.2) is 0 Å². The zero-order valence-corrected chi connectivity index (χ0v) is 14.4. The zero-order valence-electron chi connectivity index (χ0n) is 13.6. The molecule has 0 aliphatic heterocycles. The fourth-order valence-corrected chi connectivity index (χ4v) is 2.63. The van der Waals surface area contributed by atoms with Crippen LogP contribution in [0.25, 0.3) is 5.70 Å². The van der Waals surface area contributed by atoms with Gasteiger partial charge in [0.05, 0.1) is 30.6 Å². The van der Waals surface area contributed by atoms with Crippen LogP contribution < -0.4 is 20.9 Å². The van der Waals surface area contributed by atoms with E-state index < -0.39 is 5.97 Å². The molecule has 0 atom stereocenters. The molecule has 0 unspecified atom stereocenters. The van der Waals surface area contributed by atoms with Crippen molar-refractivity contribution >= 4 is 34.6 Å². The smallest absolute Gasteiger partial charge is 0.307 e. The third-order valence-corrected chi connectivity index (χ3v) is 4.05. The number of thiophene rings is 1. The third-order valence-electron chi connectivity index (χ3n) is 3.15. The Morgan fingerprint density at radius 3 is 2.56 bits per heavy atom. The normalized spacial score (nSPS) is 10.8. The van der Waals surface area contributed by atoms with Gasteiger partial charge in [0.1, 0.15) is 5.75 Å². The first-order valence-electron chi connectivity index (χ1n) is 7.47. The number of hydrogen-bond acceptors (Lipinski definition) is 6. The van der Waals surface area contributed by atoms with Crippen molar-refractivity contribution in [2.45, 2.75) is 6.42 Å². The summed E-state index contributed by atoms with van der Waals surface area (Å²) in [6.45, 7) is 0.0655. The fourth-order valence-electron chi connectivity index (χ4n) is 1.91. The number of hydrazine groups is 1. The molecule has 0 saturated carbocycles. The Labute approximate surface area is 149 Å². The molecule has 1 aromatic carbocycles. The Morgan fingerprint density at radius 1 is 1.20 bits per heavy atom. The maximum Gasteiger partial charge on any atom is 0.307 e. The van der Waals surface area contributed by atoms with E-state index in [1.54, 1.807) is 19.2 Å². The van der Waals surface area contributed by atoms with Gasteiger partial charge in [0.25, 0.3) is 5.91 Å². The number of carboxylic acids is 1. The van der Waals surface area contributed by atoms with Crippen molar-refractivity contribution in [2.24, 2.45) is 0 Å². The van der Waals surface area contributed by atoms with E-state index in [-0.39, 0.29) is 18.9 Å². The highest BCUT2D eigenvalue weighted by molar-refractivity contribution is 7.11. The van der Waals surface area contributed by atoms with Crippen LogP contribution in [-0.2, 0) is 9.59 Å². The first-order valence-corrected chi connectivity index (χ1v) is 8.35. The highest BCUT2D eigenvalue weighted by Gasteiger charge is 2.06. The molecule has 25 heavy (non-hydrogen) atoms. The van der Waals surface area contributed by atoms with E-state index in [4.69, 9.17) is 9.84 Å². The first-order chi connectivity index (χ1) is 12.1. The molecule has 2 rings (SSSR count). The average molecular weight is 361 g/mol. The number of ether oxygens (including phenoxy) is 1. The summed E-state index contributed by atoms with van der Waals surface area (Å²) in [7, 11) is 1.59. The fraction of sp³-hybridized carbons (Fsp3) is 0.176. The number of amides is 1. The van der Waals surface area contributed by atoms with Crippen molar-refractivity contribution in [3.63, 3.8) is 0 Å². The molecule has 0 saturated heterocycles. The lowest BCUT2D eigenvalue weighted by Crippen LogP contribution is -2.39. The summed E-state index contributed by atoms with van der Waals surface area (Å²) in [4.78, 5) is 23.5. The number of nitrogens with one attached hydrogen (secondary N) is 3. The second kappa shape index (κ2) is 9.33. The molecule has 0 aliphatic rings. The molecule has 7 nitrogen and oxygen atoms in total. The maximum atomic E-state index is 12.0. The molecule has 0 bridgehead atoms. The third kappa shape index (κ3) is 6.19. The van der Waals surface area contributed by atoms with Crippen molar-refractivity contribution in [3.8, 4) is 5.75 Å². The summed E-state index contributed by atoms with van der Waals surface area (Å²) in [5.41, 5.74) is 6.68. The van der Waals surface area contributed by atoms with Gasteiger partial charge in [-0.3, -0.25) is 20.4 Å². The van der Waals surface area contributed by atoms with Gasteiger partial charge in [-0.1, -0.05) is 6.07 Å². The van der Waals surface area contributed by atoms with E-state index >= 15 is 0 Å². The van der Waals surface area contributed by atoms with Crippen molar-refractivity contribution in [3.05, 3.63) is 52.7 Å². The van der Waals surface area contributed by atoms with E-state index in [1.807, 2.05) is 29.6 Å². The Morgan fingerprint density at radius 2 is 1.96 bits per heavy atom. The number of carbonyl (C=O) groups excluding carboxylic acids is 1. The summed E-state index contributed by atoms with van der Waals surface area (Å²) in [5, 5.41) is 13.7. The van der Waals surface area contributed by atoms with Crippen LogP contribution in [0.2, 0.25) is 0 Å². The number of methoxy groups -OCH3 is 1. The minimum atomic E-state index is -0.941. The van der Waals surface area contributed by atoms with Crippen LogP contribution in [0.4, 0.5) is 5.69 Å². The molecule has 0 radical (unpaired) electrons. The maximum absolute atomic E-state index is 12.0. The van der Waals surface area contributed by atoms with Crippen molar-refractivity contribution in [1.29, 1.82) is 0 Å². The molecule has 1 heterocycles. The van der Waals surface area contributed by atoms with Crippen LogP contribution in [0.1, 0.15) is 11.3 Å². The summed E-state index contributed by atoms with van der Waals surface area (Å²) >= 11 is 1.45. The Kier molecular flexibility index (Phi) is 6.85. The van der Waals surface area contributed by atoms with Gasteiger partial charge >= 0.3 is 5.97 Å². The average Bonchev–Trinajstić information content (AvgIpc) is 3.14. The van der Waals surface area contributed by atoms with Crippen LogP contribution in [0, 0.1) is 0 Å². The molecular formula is C17H19N3O4S. The van der Waals surface area contributed by atoms with Gasteiger partial charge in [-0.2, -0.15) is 0 Å². The lowest BCUT2D eigenvalue weighted by Gasteiger charge is -2.12. The molecule has 1 amide bonds. The molecule has 4 N–H and O–H groups in total. The predicted octanol–water partition coefficient (Wildman–Crippen LogP) is 2.31. The largest absolute Gasteiger partial charge is 0.497 e. The summed E-state index contributed by atoms with van der Waals surface area (Å²) in [6.07, 6.45) is 1.38. The Balaban J connectivity index is 1.85. The van der Waals surface area contributed by atoms with E-state index in [0.29, 0.717) is 5.70 Å². The monoisotopic (exact) mass is 361 g/mol. The number of hydrogen-bond donors (Lipinski definition) is 4. The molecule has 8 heteroatoms. The van der Waals surface area contributed by atoms with Gasteiger partial charge < -0.3 is 15.2 Å². The SMILES string of the molecule is COc1ccc(NCC(=O)NN/C(=C/CC(=O)O)c2cccs2)cc1. The van der Waals surface area contributed by atoms with E-state index in [0.717, 1.165) is 16.3 Å². The van der Waals surface area contributed by atoms with Crippen LogP contribution in [0.3, 0.4) is 0 Å². The quantitative estimate of drug-likeness (QED) is 0.512. The molecule has 132 valence electrons. The van der Waals surface area contributed by atoms with Gasteiger partial charge in [0, 0.05) is 5.69 Å². The predicted molar refractivity (Wildman–Crippen MR) is 97.3 cm³/mol. The zero-order chi connectivity index (χ0) is 18.1. The second-order valence-corrected chi connectivity index (χ2v) is 5.90. The summed E-state index contributed by atoms with van der Waals surface area (Å²) < 4.78 is 5.07. The number of anilines is 1. The minimum absolute atomic E-state index is 0.0655. The van der Waals surface area contributed by atoms with Crippen LogP contribution in [0.15, 0.2) is 47.9 Å². The molecule has 0 aliphatic carbocycles. The number of aliphatic carboxylic acids is 1. The summed E-state index contributed by atoms with van der Waals surface area (Å²) in [6, 6.07) is 10.9. The van der Waals surface area contributed by atoms with E-state index in [2.05, 4.69) is 16.2 Å². The summed E-state index contributed by atoms with van der Waals surface area (Å²) in [5.74, 6) is -0.488. The van der Waals surface area contributed by atoms with Crippen molar-refractivity contribution in [1.82, 2.24) is 10.9 Å². The molecular weight excluding hydrogens is 342 g/mol. The minimum Gasteiger partial charge on any atom is -0.497 e. The lowest BCUT2D eigenvalue weighted by atomic mass is 10.3. The molecule has 2 aromatic rings. The topological polar surface area (TPSA) is 99.7 Å². The van der Waals surface area contributed by atoms with E-state index in [1.165, 1.54) is 17.4 Å². The van der Waals surface area contributed by atoms with Crippen LogP contribution >= 0.6 is 11.3 Å². The van der Waals surface area contributed by atoms with Crippen LogP contribution in [-0.4, -0.2) is 30.6 Å². The number of carboxylic acid groups (broad SMARTS) is 1. The van der Waals surface area contributed by atoms with Gasteiger partial charge in [0.15, 0.2) is 0 Å². The highest BCUT2D eigenvalue weighted by atomic mass is 32.1. The van der Waals surface area contributed by atoms with Crippen molar-refractivity contribution < 1.29 is 19.4 Å². The number of rotatable bonds is 9. The Bertz CT molecular complexity index is 727. The Hall–Kier alpha value is -3.00. The molecule has 1 aromatic heterocycles. The van der Waals surface area contributed by atoms with Crippen LogP contribution in [0.5, 0.6) is 5.75 Å². The number of benzene rings is 1. The number of carbonyl (C=O) groups is 2. The van der Waals surface area contributed by atoms with Gasteiger partial charge in [0.2, 0.25) is 0 Å². The lowest BCUT2D eigenvalue weighted by molar-refractivity contribution is -0.136. The van der Waals surface area contributed by atoms with E-state index in [9.17, 15) is 9.59 Å². The highest BCUT2D eigenvalue weighted by Crippen LogP contribution is 2.18. The molecule has 0 fully saturated rings. The van der Waals surface area contributed by atoms with Gasteiger partial charge in [-0.05, 0) is 41.8 Å². The first kappa shape index (κ1) is 18.3. The standard InChI is InChI=1S/C17H19N3O4S/c1-24-13-6-4-12(5-7-13)18-11-16(21)20-19-14(8-9-17(22)23)15-3-2-10-25-15/h2-8,10,18-19H,9,11H2,1H3,(H,20,21)(H,22,23)/b14-8+. The molecule has 0 spiro atoms. The van der Waals surface area contributed by atoms with Crippen molar-refractivity contribution in [2.75, 3.05) is 19.0 Å². The second-order valence-electron chi connectivity index (χ2n) is 4.95.